The van der Waals surface area contributed by atoms with Gasteiger partial charge < -0.3 is 4.90 Å². The maximum atomic E-state index is 11.1. The summed E-state index contributed by atoms with van der Waals surface area (Å²) >= 11 is 0. The average Bonchev–Trinajstić information content (AvgIpc) is 2.24. The Kier molecular flexibility index (Phi) is 5.35. The molecule has 1 aliphatic heterocycles. The maximum Gasteiger partial charge on any atom is 0.219 e. The quantitative estimate of drug-likeness (QED) is 0.652. The van der Waals surface area contributed by atoms with E-state index < -0.39 is 10.0 Å². The fourth-order valence-corrected chi connectivity index (χ4v) is 2.36. The third kappa shape index (κ3) is 5.99. The molecule has 0 aliphatic carbocycles. The van der Waals surface area contributed by atoms with Crippen LogP contribution >= 0.6 is 0 Å². The van der Waals surface area contributed by atoms with E-state index >= 15 is 0 Å². The van der Waals surface area contributed by atoms with Gasteiger partial charge in [-0.3, -0.25) is 9.69 Å². The van der Waals surface area contributed by atoms with Crippen LogP contribution in [0.25, 0.3) is 0 Å². The summed E-state index contributed by atoms with van der Waals surface area (Å²) < 4.78 is 24.1. The maximum absolute atomic E-state index is 11.1. The van der Waals surface area contributed by atoms with Gasteiger partial charge in [0.25, 0.3) is 0 Å². The number of amides is 1. The van der Waals surface area contributed by atoms with Gasteiger partial charge in [-0.25, -0.2) is 13.1 Å². The second kappa shape index (κ2) is 6.32. The molecule has 1 N–H and O–H groups in total. The van der Waals surface area contributed by atoms with Crippen molar-refractivity contribution in [3.05, 3.63) is 0 Å². The summed E-state index contributed by atoms with van der Waals surface area (Å²) in [6.07, 6.45) is 1.96. The van der Waals surface area contributed by atoms with Crippen molar-refractivity contribution < 1.29 is 13.2 Å². The highest BCUT2D eigenvalue weighted by atomic mass is 32.2. The number of carbonyl (C=O) groups excluding carboxylic acids is 1. The molecule has 1 heterocycles. The first kappa shape index (κ1) is 14.4. The first-order chi connectivity index (χ1) is 7.88. The van der Waals surface area contributed by atoms with Gasteiger partial charge in [0.05, 0.1) is 6.26 Å². The summed E-state index contributed by atoms with van der Waals surface area (Å²) in [5, 5.41) is 0. The number of nitrogens with one attached hydrogen (secondary N) is 1. The van der Waals surface area contributed by atoms with E-state index in [2.05, 4.69) is 9.62 Å². The molecule has 0 radical (unpaired) electrons. The average molecular weight is 263 g/mol. The van der Waals surface area contributed by atoms with Crippen LogP contribution < -0.4 is 4.72 Å². The monoisotopic (exact) mass is 263 g/mol. The van der Waals surface area contributed by atoms with Crippen LogP contribution in [0.1, 0.15) is 13.3 Å². The van der Waals surface area contributed by atoms with E-state index in [0.717, 1.165) is 39.1 Å². The Bertz CT molecular complexity index is 348. The largest absolute Gasteiger partial charge is 0.340 e. The van der Waals surface area contributed by atoms with Gasteiger partial charge in [-0.15, -0.1) is 0 Å². The van der Waals surface area contributed by atoms with E-state index in [1.807, 2.05) is 4.90 Å². The van der Waals surface area contributed by atoms with Crippen LogP contribution in [0.4, 0.5) is 0 Å². The van der Waals surface area contributed by atoms with Gasteiger partial charge in [0.1, 0.15) is 0 Å². The normalized spacial score (nSPS) is 18.4. The molecule has 7 heteroatoms. The van der Waals surface area contributed by atoms with Gasteiger partial charge in [-0.1, -0.05) is 0 Å². The van der Waals surface area contributed by atoms with Crippen molar-refractivity contribution in [2.45, 2.75) is 13.3 Å². The van der Waals surface area contributed by atoms with Crippen LogP contribution in [0.2, 0.25) is 0 Å². The molecular weight excluding hydrogens is 242 g/mol. The number of hydrogen-bond acceptors (Lipinski definition) is 4. The molecule has 0 unspecified atom stereocenters. The van der Waals surface area contributed by atoms with Gasteiger partial charge in [0, 0.05) is 39.6 Å². The first-order valence-electron chi connectivity index (χ1n) is 5.81. The van der Waals surface area contributed by atoms with Gasteiger partial charge in [-0.05, 0) is 13.0 Å². The molecule has 1 aliphatic rings. The number of piperazine rings is 1. The van der Waals surface area contributed by atoms with Crippen LogP contribution in [0.15, 0.2) is 0 Å². The Morgan fingerprint density at radius 2 is 1.82 bits per heavy atom. The predicted octanol–water partition coefficient (Wildman–Crippen LogP) is -0.910. The van der Waals surface area contributed by atoms with Crippen molar-refractivity contribution in [2.24, 2.45) is 0 Å². The van der Waals surface area contributed by atoms with Crippen LogP contribution in [-0.4, -0.2) is 69.6 Å². The first-order valence-corrected chi connectivity index (χ1v) is 7.70. The zero-order valence-corrected chi connectivity index (χ0v) is 11.3. The van der Waals surface area contributed by atoms with Gasteiger partial charge >= 0.3 is 0 Å². The minimum absolute atomic E-state index is 0.128. The summed E-state index contributed by atoms with van der Waals surface area (Å²) in [5.74, 6) is 0.128. The molecule has 0 atom stereocenters. The van der Waals surface area contributed by atoms with Crippen molar-refractivity contribution >= 4 is 15.9 Å². The minimum atomic E-state index is -3.07. The van der Waals surface area contributed by atoms with Gasteiger partial charge in [0.2, 0.25) is 15.9 Å². The summed E-state index contributed by atoms with van der Waals surface area (Å²) in [6.45, 7) is 6.23. The zero-order chi connectivity index (χ0) is 12.9. The molecule has 0 saturated carbocycles. The Morgan fingerprint density at radius 3 is 2.29 bits per heavy atom. The molecule has 1 saturated heterocycles. The molecule has 100 valence electrons. The number of sulfonamides is 1. The predicted molar refractivity (Wildman–Crippen MR) is 66.2 cm³/mol. The Balaban J connectivity index is 2.12. The number of nitrogens with zero attached hydrogens (tertiary/aromatic N) is 2. The highest BCUT2D eigenvalue weighted by molar-refractivity contribution is 7.88. The molecule has 1 fully saturated rings. The van der Waals surface area contributed by atoms with Crippen molar-refractivity contribution in [3.63, 3.8) is 0 Å². The second-order valence-corrected chi connectivity index (χ2v) is 6.20. The fourth-order valence-electron chi connectivity index (χ4n) is 1.85. The molecule has 0 spiro atoms. The smallest absolute Gasteiger partial charge is 0.219 e. The Morgan fingerprint density at radius 1 is 1.24 bits per heavy atom. The van der Waals surface area contributed by atoms with E-state index in [-0.39, 0.29) is 5.91 Å². The zero-order valence-electron chi connectivity index (χ0n) is 10.5. The third-order valence-corrected chi connectivity index (χ3v) is 3.56. The topological polar surface area (TPSA) is 69.7 Å². The second-order valence-electron chi connectivity index (χ2n) is 4.37. The molecule has 0 aromatic rings. The van der Waals surface area contributed by atoms with Crippen LogP contribution in [-0.2, 0) is 14.8 Å². The molecule has 1 rings (SSSR count). The number of rotatable bonds is 5. The van der Waals surface area contributed by atoms with E-state index in [0.29, 0.717) is 6.54 Å². The SMILES string of the molecule is CC(=O)N1CCN(CCCNS(C)(=O)=O)CC1. The van der Waals surface area contributed by atoms with Gasteiger partial charge in [-0.2, -0.15) is 0 Å². The van der Waals surface area contributed by atoms with E-state index in [9.17, 15) is 13.2 Å². The number of carbonyl (C=O) groups is 1. The molecule has 6 nitrogen and oxygen atoms in total. The lowest BCUT2D eigenvalue weighted by Gasteiger charge is -2.34. The minimum Gasteiger partial charge on any atom is -0.340 e. The standard InChI is InChI=1S/C10H21N3O3S/c1-10(14)13-8-6-12(7-9-13)5-3-4-11-17(2,15)16/h11H,3-9H2,1-2H3. The summed E-state index contributed by atoms with van der Waals surface area (Å²) in [6, 6.07) is 0. The van der Waals surface area contributed by atoms with E-state index in [4.69, 9.17) is 0 Å². The Labute approximate surface area is 103 Å². The molecule has 17 heavy (non-hydrogen) atoms. The molecule has 0 aromatic carbocycles. The fraction of sp³-hybridized carbons (Fsp3) is 0.900. The molecular formula is C10H21N3O3S. The molecule has 1 amide bonds. The molecule has 0 aromatic heterocycles. The lowest BCUT2D eigenvalue weighted by atomic mass is 10.3. The van der Waals surface area contributed by atoms with Crippen LogP contribution in [0.3, 0.4) is 0 Å². The van der Waals surface area contributed by atoms with Crippen molar-refractivity contribution in [1.82, 2.24) is 14.5 Å². The Hall–Kier alpha value is -0.660. The van der Waals surface area contributed by atoms with E-state index in [1.165, 1.54) is 6.26 Å². The van der Waals surface area contributed by atoms with E-state index in [1.54, 1.807) is 6.92 Å². The summed E-state index contributed by atoms with van der Waals surface area (Å²) in [7, 11) is -3.07. The highest BCUT2D eigenvalue weighted by Crippen LogP contribution is 2.02. The van der Waals surface area contributed by atoms with Crippen molar-refractivity contribution in [2.75, 3.05) is 45.5 Å². The lowest BCUT2D eigenvalue weighted by molar-refractivity contribution is -0.130. The summed E-state index contributed by atoms with van der Waals surface area (Å²) in [5.41, 5.74) is 0. The van der Waals surface area contributed by atoms with Gasteiger partial charge in [0.15, 0.2) is 0 Å². The van der Waals surface area contributed by atoms with Crippen LogP contribution in [0, 0.1) is 0 Å². The van der Waals surface area contributed by atoms with Crippen molar-refractivity contribution in [3.8, 4) is 0 Å². The van der Waals surface area contributed by atoms with Crippen LogP contribution in [0.5, 0.6) is 0 Å². The molecule has 0 bridgehead atoms. The lowest BCUT2D eigenvalue weighted by Crippen LogP contribution is -2.48. The van der Waals surface area contributed by atoms with Crippen molar-refractivity contribution in [1.29, 1.82) is 0 Å². The summed E-state index contributed by atoms with van der Waals surface area (Å²) in [4.78, 5) is 15.2. The number of hydrogen-bond donors (Lipinski definition) is 1. The third-order valence-electron chi connectivity index (χ3n) is 2.83. The highest BCUT2D eigenvalue weighted by Gasteiger charge is 2.17.